The van der Waals surface area contributed by atoms with E-state index in [4.69, 9.17) is 14.3 Å². The second kappa shape index (κ2) is 4.83. The summed E-state index contributed by atoms with van der Waals surface area (Å²) in [6.45, 7) is 0. The molecular weight excluding hydrogens is 354 g/mol. The molecule has 2 aliphatic rings. The molecule has 2 saturated heterocycles. The van der Waals surface area contributed by atoms with Gasteiger partial charge in [-0.25, -0.2) is 17.9 Å². The largest absolute Gasteiger partial charge is 0.475 e. The number of carboxylic acid groups (broad SMARTS) is 1. The Morgan fingerprint density at radius 3 is 2.70 bits per heavy atom. The van der Waals surface area contributed by atoms with Crippen molar-refractivity contribution >= 4 is 31.9 Å². The number of ether oxygens (including phenoxy) is 1. The van der Waals surface area contributed by atoms with Crippen LogP contribution in [0.15, 0.2) is 20.0 Å². The van der Waals surface area contributed by atoms with Gasteiger partial charge in [-0.3, -0.25) is 0 Å². The molecule has 3 unspecified atom stereocenters. The van der Waals surface area contributed by atoms with Crippen molar-refractivity contribution in [3.63, 3.8) is 0 Å². The molecule has 0 aromatic carbocycles. The van der Waals surface area contributed by atoms with Gasteiger partial charge in [-0.05, 0) is 35.2 Å². The van der Waals surface area contributed by atoms with E-state index in [1.165, 1.54) is 0 Å². The van der Waals surface area contributed by atoms with Gasteiger partial charge >= 0.3 is 5.97 Å². The summed E-state index contributed by atoms with van der Waals surface area (Å²) in [5.41, 5.74) is 0. The van der Waals surface area contributed by atoms with Crippen molar-refractivity contribution in [1.29, 1.82) is 0 Å². The number of aromatic carboxylic acids is 1. The Bertz CT molecular complexity index is 654. The van der Waals surface area contributed by atoms with Crippen molar-refractivity contribution in [1.82, 2.24) is 4.72 Å². The van der Waals surface area contributed by atoms with E-state index in [1.54, 1.807) is 0 Å². The molecule has 2 bridgehead atoms. The molecule has 0 spiro atoms. The Balaban J connectivity index is 1.83. The molecule has 3 heterocycles. The molecule has 2 aliphatic heterocycles. The van der Waals surface area contributed by atoms with Crippen LogP contribution in [0.1, 0.15) is 29.8 Å². The van der Waals surface area contributed by atoms with E-state index in [0.717, 1.165) is 18.9 Å². The highest BCUT2D eigenvalue weighted by Crippen LogP contribution is 2.35. The third kappa shape index (κ3) is 2.39. The molecule has 2 fully saturated rings. The van der Waals surface area contributed by atoms with Crippen LogP contribution in [0.4, 0.5) is 0 Å². The van der Waals surface area contributed by atoms with Crippen molar-refractivity contribution in [2.45, 2.75) is 42.4 Å². The minimum absolute atomic E-state index is 0.0978. The summed E-state index contributed by atoms with van der Waals surface area (Å²) in [5, 5.41) is 8.81. The molecule has 110 valence electrons. The van der Waals surface area contributed by atoms with Crippen LogP contribution in [0.5, 0.6) is 0 Å². The SMILES string of the molecule is O=C(O)c1cc(S(=O)(=O)NC2CC3CCC2O3)c(Br)o1. The van der Waals surface area contributed by atoms with Crippen LogP contribution in [-0.2, 0) is 14.8 Å². The summed E-state index contributed by atoms with van der Waals surface area (Å²) in [6, 6.07) is 0.719. The molecule has 7 nitrogen and oxygen atoms in total. The Labute approximate surface area is 123 Å². The Kier molecular flexibility index (Phi) is 3.39. The van der Waals surface area contributed by atoms with Crippen molar-refractivity contribution in [3.05, 3.63) is 16.5 Å². The Hall–Kier alpha value is -0.900. The summed E-state index contributed by atoms with van der Waals surface area (Å²) in [5.74, 6) is -1.75. The number of fused-ring (bicyclic) bond motifs is 2. The van der Waals surface area contributed by atoms with Crippen molar-refractivity contribution in [3.8, 4) is 0 Å². The first-order valence-corrected chi connectivity index (χ1v) is 8.35. The van der Waals surface area contributed by atoms with Gasteiger partial charge in [-0.2, -0.15) is 0 Å². The Morgan fingerprint density at radius 2 is 2.20 bits per heavy atom. The van der Waals surface area contributed by atoms with E-state index in [0.29, 0.717) is 6.42 Å². The summed E-state index contributed by atoms with van der Waals surface area (Å²) in [7, 11) is -3.84. The number of carbonyl (C=O) groups is 1. The van der Waals surface area contributed by atoms with Crippen molar-refractivity contribution < 1.29 is 27.5 Å². The van der Waals surface area contributed by atoms with E-state index >= 15 is 0 Å². The van der Waals surface area contributed by atoms with E-state index in [1.807, 2.05) is 0 Å². The maximum Gasteiger partial charge on any atom is 0.371 e. The smallest absolute Gasteiger partial charge is 0.371 e. The van der Waals surface area contributed by atoms with E-state index in [-0.39, 0.29) is 27.8 Å². The lowest BCUT2D eigenvalue weighted by Gasteiger charge is -2.19. The first kappa shape index (κ1) is 14.1. The van der Waals surface area contributed by atoms with Gasteiger partial charge in [0.1, 0.15) is 4.90 Å². The number of hydrogen-bond acceptors (Lipinski definition) is 5. The summed E-state index contributed by atoms with van der Waals surface area (Å²) in [4.78, 5) is 10.6. The van der Waals surface area contributed by atoms with Crippen LogP contribution >= 0.6 is 15.9 Å². The predicted octanol–water partition coefficient (Wildman–Crippen LogP) is 1.34. The van der Waals surface area contributed by atoms with Gasteiger partial charge in [-0.15, -0.1) is 0 Å². The van der Waals surface area contributed by atoms with Gasteiger partial charge in [0, 0.05) is 6.07 Å². The molecule has 1 aromatic heterocycles. The number of sulfonamides is 1. The third-order valence-electron chi connectivity index (χ3n) is 3.57. The number of halogens is 1. The Morgan fingerprint density at radius 1 is 1.45 bits per heavy atom. The normalized spacial score (nSPS) is 28.9. The molecular formula is C11H12BrNO6S. The van der Waals surface area contributed by atoms with Crippen LogP contribution in [0.2, 0.25) is 0 Å². The second-order valence-electron chi connectivity index (χ2n) is 4.89. The lowest BCUT2D eigenvalue weighted by Crippen LogP contribution is -2.41. The fourth-order valence-electron chi connectivity index (χ4n) is 2.67. The minimum Gasteiger partial charge on any atom is -0.475 e. The third-order valence-corrected chi connectivity index (χ3v) is 5.92. The molecule has 0 saturated carbocycles. The van der Waals surface area contributed by atoms with Crippen molar-refractivity contribution in [2.75, 3.05) is 0 Å². The van der Waals surface area contributed by atoms with Crippen LogP contribution < -0.4 is 4.72 Å². The highest BCUT2D eigenvalue weighted by molar-refractivity contribution is 9.10. The predicted molar refractivity (Wildman–Crippen MR) is 70.0 cm³/mol. The van der Waals surface area contributed by atoms with Crippen LogP contribution in [0.3, 0.4) is 0 Å². The first-order chi connectivity index (χ1) is 9.37. The van der Waals surface area contributed by atoms with Gasteiger partial charge < -0.3 is 14.3 Å². The highest BCUT2D eigenvalue weighted by Gasteiger charge is 2.43. The van der Waals surface area contributed by atoms with E-state index in [9.17, 15) is 13.2 Å². The van der Waals surface area contributed by atoms with Gasteiger partial charge in [0.15, 0.2) is 4.67 Å². The molecule has 3 atom stereocenters. The molecule has 0 aliphatic carbocycles. The molecule has 2 N–H and O–H groups in total. The van der Waals surface area contributed by atoms with Gasteiger partial charge in [0.2, 0.25) is 15.8 Å². The van der Waals surface area contributed by atoms with Crippen LogP contribution in [0, 0.1) is 0 Å². The molecule has 9 heteroatoms. The standard InChI is InChI=1S/C11H12BrNO6S/c12-10-9(4-8(19-10)11(14)15)20(16,17)13-6-3-5-1-2-7(6)18-5/h4-7,13H,1-3H2,(H,14,15). The average Bonchev–Trinajstić information content (AvgIpc) is 3.02. The van der Waals surface area contributed by atoms with Gasteiger partial charge in [0.25, 0.3) is 0 Å². The average molecular weight is 366 g/mol. The number of furan rings is 1. The number of nitrogens with one attached hydrogen (secondary N) is 1. The molecule has 0 amide bonds. The maximum absolute atomic E-state index is 12.3. The maximum atomic E-state index is 12.3. The lowest BCUT2D eigenvalue weighted by atomic mass is 9.96. The summed E-state index contributed by atoms with van der Waals surface area (Å²) < 4.78 is 37.4. The number of hydrogen-bond donors (Lipinski definition) is 2. The summed E-state index contributed by atoms with van der Waals surface area (Å²) >= 11 is 2.93. The van der Waals surface area contributed by atoms with Crippen LogP contribution in [0.25, 0.3) is 0 Å². The molecule has 0 radical (unpaired) electrons. The van der Waals surface area contributed by atoms with Gasteiger partial charge in [-0.1, -0.05) is 0 Å². The quantitative estimate of drug-likeness (QED) is 0.833. The van der Waals surface area contributed by atoms with Gasteiger partial charge in [0.05, 0.1) is 18.2 Å². The molecule has 1 aromatic rings. The second-order valence-corrected chi connectivity index (χ2v) is 7.29. The number of carboxylic acids is 1. The zero-order chi connectivity index (χ0) is 14.5. The lowest BCUT2D eigenvalue weighted by molar-refractivity contribution is 0.0661. The fourth-order valence-corrected chi connectivity index (χ4v) is 4.88. The zero-order valence-electron chi connectivity index (χ0n) is 10.2. The molecule has 20 heavy (non-hydrogen) atoms. The highest BCUT2D eigenvalue weighted by atomic mass is 79.9. The van der Waals surface area contributed by atoms with Crippen LogP contribution in [-0.4, -0.2) is 37.7 Å². The van der Waals surface area contributed by atoms with E-state index < -0.39 is 21.8 Å². The van der Waals surface area contributed by atoms with Crippen molar-refractivity contribution in [2.24, 2.45) is 0 Å². The number of rotatable bonds is 4. The van der Waals surface area contributed by atoms with E-state index in [2.05, 4.69) is 20.7 Å². The zero-order valence-corrected chi connectivity index (χ0v) is 12.6. The topological polar surface area (TPSA) is 106 Å². The monoisotopic (exact) mass is 365 g/mol. The fraction of sp³-hybridized carbons (Fsp3) is 0.545. The first-order valence-electron chi connectivity index (χ1n) is 6.07. The summed E-state index contributed by atoms with van der Waals surface area (Å²) in [6.07, 6.45) is 2.46. The molecule has 3 rings (SSSR count). The minimum atomic E-state index is -3.84.